The highest BCUT2D eigenvalue weighted by Gasteiger charge is 2.19. The molecular weight excluding hydrogens is 257 g/mol. The molecule has 94 valence electrons. The summed E-state index contributed by atoms with van der Waals surface area (Å²) >= 11 is 11.2. The number of amides is 1. The predicted molar refractivity (Wildman–Crippen MR) is 72.5 cm³/mol. The van der Waals surface area contributed by atoms with Crippen LogP contribution in [0, 0.1) is 13.8 Å². The van der Waals surface area contributed by atoms with E-state index in [9.17, 15) is 4.79 Å². The van der Waals surface area contributed by atoms with Crippen molar-refractivity contribution >= 4 is 29.1 Å². The lowest BCUT2D eigenvalue weighted by Gasteiger charge is -2.22. The number of benzene rings is 1. The van der Waals surface area contributed by atoms with Crippen molar-refractivity contribution in [3.8, 4) is 0 Å². The highest BCUT2D eigenvalue weighted by molar-refractivity contribution is 6.53. The minimum Gasteiger partial charge on any atom is -0.336 e. The summed E-state index contributed by atoms with van der Waals surface area (Å²) in [7, 11) is 0. The first-order valence-electron chi connectivity index (χ1n) is 5.58. The van der Waals surface area contributed by atoms with Gasteiger partial charge in [0.1, 0.15) is 0 Å². The Morgan fingerprint density at radius 3 is 2.53 bits per heavy atom. The van der Waals surface area contributed by atoms with Crippen LogP contribution in [0.15, 0.2) is 18.2 Å². The van der Waals surface area contributed by atoms with E-state index in [0.717, 1.165) is 5.56 Å². The largest absolute Gasteiger partial charge is 0.336 e. The summed E-state index contributed by atoms with van der Waals surface area (Å²) in [6.07, 6.45) is 0. The predicted octanol–water partition coefficient (Wildman–Crippen LogP) is 3.46. The molecule has 0 saturated carbocycles. The molecule has 0 spiro atoms. The molecule has 0 fully saturated rings. The third-order valence-corrected chi connectivity index (χ3v) is 3.12. The quantitative estimate of drug-likeness (QED) is 0.770. The van der Waals surface area contributed by atoms with Gasteiger partial charge in [-0.15, -0.1) is 0 Å². The van der Waals surface area contributed by atoms with Gasteiger partial charge >= 0.3 is 0 Å². The standard InChI is InChI=1S/C13H17Cl2NO/c1-4-16(13(17)12(14)15)8-11-7-9(2)5-6-10(11)3/h5-7,12H,4,8H2,1-3H3. The maximum atomic E-state index is 11.7. The van der Waals surface area contributed by atoms with Crippen molar-refractivity contribution in [2.75, 3.05) is 6.54 Å². The van der Waals surface area contributed by atoms with Crippen LogP contribution in [0.5, 0.6) is 0 Å². The number of halogens is 2. The number of nitrogens with zero attached hydrogens (tertiary/aromatic N) is 1. The molecule has 0 aliphatic rings. The number of alkyl halides is 2. The summed E-state index contributed by atoms with van der Waals surface area (Å²) < 4.78 is 0. The summed E-state index contributed by atoms with van der Waals surface area (Å²) in [4.78, 5) is 12.4. The van der Waals surface area contributed by atoms with E-state index >= 15 is 0 Å². The molecule has 1 amide bonds. The first-order valence-corrected chi connectivity index (χ1v) is 6.46. The molecule has 1 aromatic carbocycles. The summed E-state index contributed by atoms with van der Waals surface area (Å²) in [5.74, 6) is -0.239. The Kier molecular flexibility index (Phi) is 5.29. The van der Waals surface area contributed by atoms with Gasteiger partial charge in [0.2, 0.25) is 0 Å². The lowest BCUT2D eigenvalue weighted by molar-refractivity contribution is -0.129. The number of aryl methyl sites for hydroxylation is 2. The van der Waals surface area contributed by atoms with Gasteiger partial charge in [0, 0.05) is 13.1 Å². The third kappa shape index (κ3) is 3.90. The van der Waals surface area contributed by atoms with Crippen molar-refractivity contribution in [2.45, 2.75) is 32.2 Å². The fraction of sp³-hybridized carbons (Fsp3) is 0.462. The fourth-order valence-corrected chi connectivity index (χ4v) is 1.94. The number of hydrogen-bond acceptors (Lipinski definition) is 1. The molecule has 0 bridgehead atoms. The zero-order chi connectivity index (χ0) is 13.0. The second kappa shape index (κ2) is 6.27. The molecule has 0 saturated heterocycles. The Bertz CT molecular complexity index is 404. The minimum atomic E-state index is -0.986. The van der Waals surface area contributed by atoms with Crippen molar-refractivity contribution in [2.24, 2.45) is 0 Å². The van der Waals surface area contributed by atoms with E-state index in [1.165, 1.54) is 11.1 Å². The summed E-state index contributed by atoms with van der Waals surface area (Å²) in [5, 5.41) is 0. The van der Waals surface area contributed by atoms with Gasteiger partial charge in [0.15, 0.2) is 4.84 Å². The van der Waals surface area contributed by atoms with E-state index in [2.05, 4.69) is 18.2 Å². The first kappa shape index (κ1) is 14.3. The molecule has 1 rings (SSSR count). The molecular formula is C13H17Cl2NO. The number of hydrogen-bond donors (Lipinski definition) is 0. The average molecular weight is 274 g/mol. The lowest BCUT2D eigenvalue weighted by atomic mass is 10.1. The van der Waals surface area contributed by atoms with Gasteiger partial charge in [0.05, 0.1) is 0 Å². The van der Waals surface area contributed by atoms with Gasteiger partial charge in [-0.05, 0) is 31.9 Å². The van der Waals surface area contributed by atoms with E-state index < -0.39 is 4.84 Å². The zero-order valence-electron chi connectivity index (χ0n) is 10.3. The zero-order valence-corrected chi connectivity index (χ0v) is 11.8. The number of carbonyl (C=O) groups is 1. The van der Waals surface area contributed by atoms with Crippen LogP contribution in [0.3, 0.4) is 0 Å². The van der Waals surface area contributed by atoms with Gasteiger partial charge in [-0.3, -0.25) is 4.79 Å². The van der Waals surface area contributed by atoms with E-state index in [-0.39, 0.29) is 5.91 Å². The molecule has 0 aliphatic heterocycles. The Balaban J connectivity index is 2.87. The van der Waals surface area contributed by atoms with Crippen LogP contribution < -0.4 is 0 Å². The van der Waals surface area contributed by atoms with Crippen molar-refractivity contribution < 1.29 is 4.79 Å². The Hall–Kier alpha value is -0.730. The molecule has 1 aromatic rings. The Morgan fingerprint density at radius 1 is 1.35 bits per heavy atom. The van der Waals surface area contributed by atoms with Crippen LogP contribution in [-0.4, -0.2) is 22.2 Å². The highest BCUT2D eigenvalue weighted by atomic mass is 35.5. The van der Waals surface area contributed by atoms with Gasteiger partial charge in [-0.2, -0.15) is 0 Å². The normalized spacial score (nSPS) is 10.7. The molecule has 0 radical (unpaired) electrons. The van der Waals surface area contributed by atoms with Crippen LogP contribution >= 0.6 is 23.2 Å². The third-order valence-electron chi connectivity index (χ3n) is 2.75. The maximum absolute atomic E-state index is 11.7. The van der Waals surface area contributed by atoms with Crippen LogP contribution in [-0.2, 0) is 11.3 Å². The Labute approximate surface area is 113 Å². The molecule has 4 heteroatoms. The van der Waals surface area contributed by atoms with Crippen molar-refractivity contribution in [3.63, 3.8) is 0 Å². The minimum absolute atomic E-state index is 0.239. The molecule has 17 heavy (non-hydrogen) atoms. The molecule has 0 unspecified atom stereocenters. The molecule has 0 aromatic heterocycles. The van der Waals surface area contributed by atoms with Gasteiger partial charge in [-0.25, -0.2) is 0 Å². The highest BCUT2D eigenvalue weighted by Crippen LogP contribution is 2.15. The van der Waals surface area contributed by atoms with E-state index in [1.54, 1.807) is 4.90 Å². The monoisotopic (exact) mass is 273 g/mol. The van der Waals surface area contributed by atoms with Gasteiger partial charge in [-0.1, -0.05) is 47.0 Å². The van der Waals surface area contributed by atoms with Crippen molar-refractivity contribution in [3.05, 3.63) is 34.9 Å². The van der Waals surface area contributed by atoms with Crippen LogP contribution in [0.1, 0.15) is 23.6 Å². The maximum Gasteiger partial charge on any atom is 0.256 e. The second-order valence-corrected chi connectivity index (χ2v) is 5.18. The molecule has 0 atom stereocenters. The fourth-order valence-electron chi connectivity index (χ4n) is 1.66. The van der Waals surface area contributed by atoms with Crippen LogP contribution in [0.2, 0.25) is 0 Å². The topological polar surface area (TPSA) is 20.3 Å². The van der Waals surface area contributed by atoms with E-state index in [4.69, 9.17) is 23.2 Å². The second-order valence-electron chi connectivity index (χ2n) is 4.08. The lowest BCUT2D eigenvalue weighted by Crippen LogP contribution is -2.34. The van der Waals surface area contributed by atoms with Crippen LogP contribution in [0.25, 0.3) is 0 Å². The SMILES string of the molecule is CCN(Cc1cc(C)ccc1C)C(=O)C(Cl)Cl. The summed E-state index contributed by atoms with van der Waals surface area (Å²) in [6, 6.07) is 6.20. The number of carbonyl (C=O) groups excluding carboxylic acids is 1. The van der Waals surface area contributed by atoms with E-state index in [1.807, 2.05) is 20.8 Å². The molecule has 2 nitrogen and oxygen atoms in total. The summed E-state index contributed by atoms with van der Waals surface area (Å²) in [6.45, 7) is 7.14. The molecule has 0 aliphatic carbocycles. The van der Waals surface area contributed by atoms with Gasteiger partial charge in [0.25, 0.3) is 5.91 Å². The van der Waals surface area contributed by atoms with E-state index in [0.29, 0.717) is 13.1 Å². The van der Waals surface area contributed by atoms with Gasteiger partial charge < -0.3 is 4.90 Å². The average Bonchev–Trinajstić information content (AvgIpc) is 2.29. The van der Waals surface area contributed by atoms with Crippen LogP contribution in [0.4, 0.5) is 0 Å². The van der Waals surface area contributed by atoms with Crippen molar-refractivity contribution in [1.29, 1.82) is 0 Å². The molecule has 0 N–H and O–H groups in total. The first-order chi connectivity index (χ1) is 7.95. The summed E-state index contributed by atoms with van der Waals surface area (Å²) in [5.41, 5.74) is 3.49. The number of rotatable bonds is 4. The smallest absolute Gasteiger partial charge is 0.256 e. The van der Waals surface area contributed by atoms with Crippen molar-refractivity contribution in [1.82, 2.24) is 4.90 Å². The molecule has 0 heterocycles. The Morgan fingerprint density at radius 2 is 2.00 bits per heavy atom.